The van der Waals surface area contributed by atoms with Crippen LogP contribution in [0.25, 0.3) is 11.3 Å². The molecule has 0 unspecified atom stereocenters. The lowest BCUT2D eigenvalue weighted by Gasteiger charge is -2.15. The summed E-state index contributed by atoms with van der Waals surface area (Å²) in [6, 6.07) is 17.6. The van der Waals surface area contributed by atoms with Crippen LogP contribution in [0.4, 0.5) is 5.69 Å². The second-order valence-electron chi connectivity index (χ2n) is 7.32. The molecule has 0 amide bonds. The standard InChI is InChI=1S/C26H27N3O4S/c1-30-22-11-6-5-10-20(22)28-26-29(14-12-19-9-7-8-13-27-19)21(17-34-26)18-15-23(31-2)25(33-4)24(16-18)32-3/h5-11,13,15-17H,12,14H2,1-4H3. The number of hydrogen-bond donors (Lipinski definition) is 0. The maximum atomic E-state index is 5.58. The van der Waals surface area contributed by atoms with Gasteiger partial charge in [-0.2, -0.15) is 0 Å². The Balaban J connectivity index is 1.86. The van der Waals surface area contributed by atoms with Crippen LogP contribution < -0.4 is 23.7 Å². The highest BCUT2D eigenvalue weighted by molar-refractivity contribution is 7.07. The molecule has 0 radical (unpaired) electrons. The third-order valence-corrected chi connectivity index (χ3v) is 6.24. The maximum absolute atomic E-state index is 5.58. The summed E-state index contributed by atoms with van der Waals surface area (Å²) in [6.45, 7) is 0.695. The molecule has 4 aromatic rings. The van der Waals surface area contributed by atoms with Gasteiger partial charge in [0.1, 0.15) is 11.4 Å². The number of aromatic nitrogens is 2. The van der Waals surface area contributed by atoms with Gasteiger partial charge >= 0.3 is 0 Å². The smallest absolute Gasteiger partial charge is 0.203 e. The number of ether oxygens (including phenoxy) is 4. The van der Waals surface area contributed by atoms with Crippen LogP contribution in [0.1, 0.15) is 5.69 Å². The van der Waals surface area contributed by atoms with Crippen molar-refractivity contribution in [3.63, 3.8) is 0 Å². The van der Waals surface area contributed by atoms with Gasteiger partial charge < -0.3 is 23.5 Å². The van der Waals surface area contributed by atoms with Gasteiger partial charge in [-0.05, 0) is 36.4 Å². The summed E-state index contributed by atoms with van der Waals surface area (Å²) in [5.74, 6) is 2.48. The predicted octanol–water partition coefficient (Wildman–Crippen LogP) is 5.12. The molecule has 0 spiro atoms. The number of nitrogens with zero attached hydrogens (tertiary/aromatic N) is 3. The minimum Gasteiger partial charge on any atom is -0.494 e. The summed E-state index contributed by atoms with van der Waals surface area (Å²) in [7, 11) is 6.49. The van der Waals surface area contributed by atoms with E-state index in [0.717, 1.165) is 39.6 Å². The second kappa shape index (κ2) is 10.9. The molecule has 0 atom stereocenters. The topological polar surface area (TPSA) is 67.1 Å². The number of aryl methyl sites for hydroxylation is 1. The molecule has 0 aliphatic rings. The van der Waals surface area contributed by atoms with Crippen molar-refractivity contribution in [1.82, 2.24) is 9.55 Å². The van der Waals surface area contributed by atoms with Gasteiger partial charge in [-0.25, -0.2) is 4.99 Å². The largest absolute Gasteiger partial charge is 0.494 e. The molecule has 0 bridgehead atoms. The summed E-state index contributed by atoms with van der Waals surface area (Å²) in [5, 5.41) is 2.09. The van der Waals surface area contributed by atoms with Crippen molar-refractivity contribution in [1.29, 1.82) is 0 Å². The number of rotatable bonds is 9. The third kappa shape index (κ3) is 4.92. The van der Waals surface area contributed by atoms with Crippen molar-refractivity contribution < 1.29 is 18.9 Å². The molecule has 2 aromatic heterocycles. The first-order valence-corrected chi connectivity index (χ1v) is 11.6. The SMILES string of the molecule is COc1ccccc1N=c1scc(-c2cc(OC)c(OC)c(OC)c2)n1CCc1ccccn1. The van der Waals surface area contributed by atoms with Crippen LogP contribution in [-0.4, -0.2) is 38.0 Å². The van der Waals surface area contributed by atoms with E-state index in [4.69, 9.17) is 23.9 Å². The summed E-state index contributed by atoms with van der Waals surface area (Å²) in [6.07, 6.45) is 2.57. The zero-order valence-corrected chi connectivity index (χ0v) is 20.5. The Labute approximate surface area is 202 Å². The van der Waals surface area contributed by atoms with Crippen LogP contribution in [0, 0.1) is 0 Å². The third-order valence-electron chi connectivity index (χ3n) is 5.38. The lowest BCUT2D eigenvalue weighted by atomic mass is 10.1. The first-order valence-electron chi connectivity index (χ1n) is 10.7. The van der Waals surface area contributed by atoms with Gasteiger partial charge in [-0.15, -0.1) is 11.3 Å². The average Bonchev–Trinajstić information content (AvgIpc) is 3.29. The minimum atomic E-state index is 0.558. The second-order valence-corrected chi connectivity index (χ2v) is 8.16. The molecule has 0 fully saturated rings. The van der Waals surface area contributed by atoms with Crippen molar-refractivity contribution >= 4 is 17.0 Å². The molecule has 2 heterocycles. The van der Waals surface area contributed by atoms with Gasteiger partial charge in [0.05, 0.1) is 34.1 Å². The Morgan fingerprint density at radius 2 is 1.56 bits per heavy atom. The Morgan fingerprint density at radius 1 is 0.853 bits per heavy atom. The molecule has 176 valence electrons. The van der Waals surface area contributed by atoms with Crippen LogP contribution >= 0.6 is 11.3 Å². The van der Waals surface area contributed by atoms with E-state index in [0.29, 0.717) is 23.8 Å². The fourth-order valence-corrected chi connectivity index (χ4v) is 4.64. The molecule has 7 nitrogen and oxygen atoms in total. The highest BCUT2D eigenvalue weighted by atomic mass is 32.1. The molecule has 0 aliphatic carbocycles. The minimum absolute atomic E-state index is 0.558. The quantitative estimate of drug-likeness (QED) is 0.335. The Bertz CT molecular complexity index is 1290. The Kier molecular flexibility index (Phi) is 7.49. The number of pyridine rings is 1. The van der Waals surface area contributed by atoms with E-state index in [9.17, 15) is 0 Å². The first kappa shape index (κ1) is 23.4. The van der Waals surface area contributed by atoms with Crippen molar-refractivity contribution in [2.24, 2.45) is 4.99 Å². The van der Waals surface area contributed by atoms with Gasteiger partial charge in [0.15, 0.2) is 16.3 Å². The first-order chi connectivity index (χ1) is 16.7. The number of methoxy groups -OCH3 is 4. The fourth-order valence-electron chi connectivity index (χ4n) is 3.69. The molecule has 0 saturated heterocycles. The zero-order chi connectivity index (χ0) is 23.9. The molecule has 0 aliphatic heterocycles. The molecule has 4 rings (SSSR count). The summed E-state index contributed by atoms with van der Waals surface area (Å²) in [4.78, 5) is 10.3. The van der Waals surface area contributed by atoms with Gasteiger partial charge in [0.25, 0.3) is 0 Å². The number of benzene rings is 2. The van der Waals surface area contributed by atoms with Crippen molar-refractivity contribution in [3.05, 3.63) is 76.7 Å². The normalized spacial score (nSPS) is 11.4. The molecule has 34 heavy (non-hydrogen) atoms. The van der Waals surface area contributed by atoms with E-state index in [1.165, 1.54) is 0 Å². The Hall–Kier alpha value is -3.78. The van der Waals surface area contributed by atoms with Gasteiger partial charge in [-0.3, -0.25) is 4.98 Å². The van der Waals surface area contributed by atoms with Crippen molar-refractivity contribution in [2.45, 2.75) is 13.0 Å². The number of hydrogen-bond acceptors (Lipinski definition) is 7. The monoisotopic (exact) mass is 477 g/mol. The fraction of sp³-hybridized carbons (Fsp3) is 0.231. The lowest BCUT2D eigenvalue weighted by Crippen LogP contribution is -2.17. The van der Waals surface area contributed by atoms with E-state index in [1.54, 1.807) is 39.8 Å². The van der Waals surface area contributed by atoms with Gasteiger partial charge in [0.2, 0.25) is 5.75 Å². The summed E-state index contributed by atoms with van der Waals surface area (Å²) < 4.78 is 24.4. The van der Waals surface area contributed by atoms with Crippen LogP contribution in [0.2, 0.25) is 0 Å². The van der Waals surface area contributed by atoms with E-state index in [-0.39, 0.29) is 0 Å². The predicted molar refractivity (Wildman–Crippen MR) is 134 cm³/mol. The van der Waals surface area contributed by atoms with Gasteiger partial charge in [0, 0.05) is 35.8 Å². The highest BCUT2D eigenvalue weighted by Crippen LogP contribution is 2.41. The van der Waals surface area contributed by atoms with Crippen LogP contribution in [0.5, 0.6) is 23.0 Å². The lowest BCUT2D eigenvalue weighted by molar-refractivity contribution is 0.324. The molecule has 8 heteroatoms. The van der Waals surface area contributed by atoms with Crippen LogP contribution in [-0.2, 0) is 13.0 Å². The summed E-state index contributed by atoms with van der Waals surface area (Å²) >= 11 is 1.56. The van der Waals surface area contributed by atoms with Crippen molar-refractivity contribution in [3.8, 4) is 34.3 Å². The van der Waals surface area contributed by atoms with E-state index < -0.39 is 0 Å². The molecule has 0 N–H and O–H groups in total. The molecular weight excluding hydrogens is 450 g/mol. The molecule has 2 aromatic carbocycles. The maximum Gasteiger partial charge on any atom is 0.203 e. The zero-order valence-electron chi connectivity index (χ0n) is 19.6. The number of thiazole rings is 1. The van der Waals surface area contributed by atoms with Crippen LogP contribution in [0.15, 0.2) is 71.2 Å². The van der Waals surface area contributed by atoms with Crippen LogP contribution in [0.3, 0.4) is 0 Å². The van der Waals surface area contributed by atoms with Crippen molar-refractivity contribution in [2.75, 3.05) is 28.4 Å². The van der Waals surface area contributed by atoms with E-state index in [2.05, 4.69) is 14.9 Å². The molecular formula is C26H27N3O4S. The molecule has 0 saturated carbocycles. The summed E-state index contributed by atoms with van der Waals surface area (Å²) in [5.41, 5.74) is 3.72. The Morgan fingerprint density at radius 3 is 2.21 bits per heavy atom. The van der Waals surface area contributed by atoms with Gasteiger partial charge in [-0.1, -0.05) is 18.2 Å². The van der Waals surface area contributed by atoms with E-state index >= 15 is 0 Å². The van der Waals surface area contributed by atoms with E-state index in [1.807, 2.05) is 60.8 Å². The average molecular weight is 478 g/mol. The number of para-hydroxylation sites is 2. The highest BCUT2D eigenvalue weighted by Gasteiger charge is 2.17.